The van der Waals surface area contributed by atoms with Crippen LogP contribution in [-0.2, 0) is 47.1 Å². The van der Waals surface area contributed by atoms with Gasteiger partial charge < -0.3 is 63.0 Å². The minimum Gasteiger partial charge on any atom is -1.00 e. The third-order valence-electron chi connectivity index (χ3n) is 20.5. The van der Waals surface area contributed by atoms with Gasteiger partial charge in [-0.3, -0.25) is 62.5 Å². The maximum Gasteiger partial charge on any atom is 2.00 e. The van der Waals surface area contributed by atoms with Crippen molar-refractivity contribution in [1.29, 1.82) is 0 Å². The Labute approximate surface area is 876 Å². The Morgan fingerprint density at radius 1 is 0.421 bits per heavy atom. The normalized spacial score (nSPS) is 10.8. The summed E-state index contributed by atoms with van der Waals surface area (Å²) in [6.45, 7) is 19.1. The third-order valence-corrected chi connectivity index (χ3v) is 22.3. The smallest absolute Gasteiger partial charge is 1.00 e. The van der Waals surface area contributed by atoms with E-state index >= 15 is 0 Å². The Morgan fingerprint density at radius 3 is 1.07 bits per heavy atom. The summed E-state index contributed by atoms with van der Waals surface area (Å²) in [5.41, 5.74) is 3.50. The average Bonchev–Trinajstić information content (AvgIpc) is 1.56. The molecular formula is C96H88Br2Cl4F8MgN20O14. The number of hydrogen-bond donors (Lipinski definition) is 3. The van der Waals surface area contributed by atoms with Crippen molar-refractivity contribution >= 4 is 97.3 Å². The van der Waals surface area contributed by atoms with Crippen LogP contribution < -0.4 is 58.2 Å². The molecule has 0 amide bonds. The molecular weight excluding hydrogens is 2140 g/mol. The van der Waals surface area contributed by atoms with E-state index in [9.17, 15) is 74.1 Å². The van der Waals surface area contributed by atoms with Gasteiger partial charge >= 0.3 is 35.0 Å². The number of nitrogens with one attached hydrogen (secondary N) is 1. The number of hydrogen-bond acceptors (Lipinski definition) is 26. The minimum absolute atomic E-state index is 0. The molecule has 3 N–H and O–H groups in total. The number of halogens is 14. The first-order valence-electron chi connectivity index (χ1n) is 41.5. The van der Waals surface area contributed by atoms with E-state index in [0.29, 0.717) is 120 Å². The van der Waals surface area contributed by atoms with Crippen molar-refractivity contribution in [3.8, 4) is 63.2 Å². The molecule has 16 aromatic heterocycles. The van der Waals surface area contributed by atoms with Crippen LogP contribution in [0.5, 0.6) is 23.0 Å². The van der Waals surface area contributed by atoms with E-state index in [1.165, 1.54) is 77.3 Å². The van der Waals surface area contributed by atoms with Gasteiger partial charge in [0, 0.05) is 133 Å². The van der Waals surface area contributed by atoms with Crippen molar-refractivity contribution < 1.29 is 100 Å². The number of pyridine rings is 12. The molecule has 0 aliphatic heterocycles. The second-order valence-electron chi connectivity index (χ2n) is 31.7. The Kier molecular flexibility index (Phi) is 40.3. The van der Waals surface area contributed by atoms with Gasteiger partial charge in [0.05, 0.1) is 79.3 Å². The third kappa shape index (κ3) is 27.7. The standard InChI is InChI=1S/2C24H22ClF2N5O3.C23H18ClF2N5O4.C18H13BrClF2N3O2.C5H6N2O2.CH4.CH3.BrH.Mg/c1-13-10-29-21(31-6-5-20(30-31)24(3,4)34)9-18(13)32-14(2)7-19(22(25)23(32)33)35-12-17-16(27)8-15(26)11-28-17;1-13-10-29-21(32-20(5-6-30-32)24(3,4)34)9-18(13)31-14(2)7-19(22(25)23(31)33)35-12-17-16(27)8-15(26)11-28-17;1-12-9-28-20(31-17(4-5-29-31)23(33)34-3)8-18(12)30-13(2)6-19(21(24)22(30)32)35-11-16-15(26)7-14(25)10-27-16;1-9-6-24-16(19)5-14(9)25-10(2)3-15(17(20)18(25)26)27-8-13-12(22)4-11(21)7-23-13;1-9-5(8)4-2-3-6-7-4;;;;/h2*5-11,34H,12H2,1-4H3;4-10H,11H2,1-3H3;3-7H,8H2,1-2H3;2-3H,1H3,(H,6,7);1H4;1H3;1H;/q;;;;;;-1;;+2/p-1. The number of aromatic nitrogens is 20. The Hall–Kier alpha value is -13.8. The first-order valence-corrected chi connectivity index (χ1v) is 43.8. The average molecular weight is 2220 g/mol. The van der Waals surface area contributed by atoms with E-state index in [2.05, 4.69) is 86.0 Å². The summed E-state index contributed by atoms with van der Waals surface area (Å²) < 4.78 is 149. The number of esters is 2. The molecule has 34 nitrogen and oxygen atoms in total. The van der Waals surface area contributed by atoms with Crippen LogP contribution in [0.4, 0.5) is 35.1 Å². The molecule has 145 heavy (non-hydrogen) atoms. The van der Waals surface area contributed by atoms with Gasteiger partial charge in [0.25, 0.3) is 22.2 Å². The zero-order valence-electron chi connectivity index (χ0n) is 78.8. The largest absolute Gasteiger partial charge is 2.00 e. The monoisotopic (exact) mass is 2220 g/mol. The molecule has 16 rings (SSSR count). The number of nitrogens with zero attached hydrogens (tertiary/aromatic N) is 19. The van der Waals surface area contributed by atoms with Crippen molar-refractivity contribution in [3.05, 3.63) is 382 Å². The quantitative estimate of drug-likeness (QED) is 0.0176. The van der Waals surface area contributed by atoms with E-state index in [1.807, 2.05) is 6.92 Å². The molecule has 16 aromatic rings. The first kappa shape index (κ1) is 116. The van der Waals surface area contributed by atoms with Crippen molar-refractivity contribution in [2.24, 2.45) is 0 Å². The van der Waals surface area contributed by atoms with E-state index in [0.717, 1.165) is 30.4 Å². The topological polar surface area (TPSA) is 403 Å². The Balaban J connectivity index is 0.000000228. The fourth-order valence-corrected chi connectivity index (χ4v) is 14.5. The summed E-state index contributed by atoms with van der Waals surface area (Å²) in [4.78, 5) is 107. The summed E-state index contributed by atoms with van der Waals surface area (Å²) in [5.74, 6) is -6.36. The predicted molar refractivity (Wildman–Crippen MR) is 521 cm³/mol. The molecule has 0 saturated carbocycles. The number of ether oxygens (including phenoxy) is 6. The minimum atomic E-state index is -1.17. The number of aliphatic hydroxyl groups is 2. The van der Waals surface area contributed by atoms with Gasteiger partial charge in [-0.1, -0.05) is 53.8 Å². The summed E-state index contributed by atoms with van der Waals surface area (Å²) in [5, 5.41) is 38.6. The molecule has 0 aromatic carbocycles. The molecule has 49 heteroatoms. The van der Waals surface area contributed by atoms with Gasteiger partial charge in [0.1, 0.15) is 137 Å². The SMILES string of the molecule is C.COC(=O)c1ccn[nH]1.COC(=O)c1ccnn1-c1cc(-n2c(C)cc(OCc3ncc(F)cc3F)c(Cl)c2=O)c(C)cn1.Cc1cnc(-n2ccc(C(C)(C)O)n2)cc1-n1c(C)cc(OCc2ncc(F)cc2F)c(Cl)c1=O.Cc1cnc(-n2nccc2C(C)(C)O)cc1-n1c(C)cc(OCc2ncc(F)cc2F)c(Cl)c1=O.Cc1cnc(Br)cc1-n1c(C)cc(OCc2ncc(F)cc2F)c(Cl)c1=O.[Br-].[CH3-].[Mg+2]. The zero-order valence-corrected chi connectivity index (χ0v) is 86.4. The van der Waals surface area contributed by atoms with Gasteiger partial charge in [-0.15, -0.1) is 0 Å². The van der Waals surface area contributed by atoms with Crippen LogP contribution in [0, 0.1) is 109 Å². The van der Waals surface area contributed by atoms with Crippen molar-refractivity contribution in [2.75, 3.05) is 14.2 Å². The van der Waals surface area contributed by atoms with E-state index in [-0.39, 0.29) is 159 Å². The molecule has 0 bridgehead atoms. The second-order valence-corrected chi connectivity index (χ2v) is 34.0. The Bertz CT molecular complexity index is 7700. The number of aryl methyl sites for hydroxylation is 8. The van der Waals surface area contributed by atoms with Crippen LogP contribution in [0.1, 0.15) is 135 Å². The summed E-state index contributed by atoms with van der Waals surface area (Å²) in [6, 6.07) is 22.0. The van der Waals surface area contributed by atoms with Gasteiger partial charge in [-0.05, 0) is 152 Å². The van der Waals surface area contributed by atoms with Gasteiger partial charge in [0.15, 0.2) is 46.4 Å². The maximum atomic E-state index is 13.9. The summed E-state index contributed by atoms with van der Waals surface area (Å²) >= 11 is 28.4. The number of carbonyl (C=O) groups excluding carboxylic acids is 2. The molecule has 0 radical (unpaired) electrons. The van der Waals surface area contributed by atoms with Crippen molar-refractivity contribution in [3.63, 3.8) is 0 Å². The second kappa shape index (κ2) is 50.2. The molecule has 0 aliphatic carbocycles. The number of carbonyl (C=O) groups is 2. The van der Waals surface area contributed by atoms with Crippen LogP contribution in [0.3, 0.4) is 0 Å². The summed E-state index contributed by atoms with van der Waals surface area (Å²) in [7, 11) is 2.58. The van der Waals surface area contributed by atoms with Gasteiger partial charge in [-0.25, -0.2) is 78.7 Å². The summed E-state index contributed by atoms with van der Waals surface area (Å²) in [6.07, 6.45) is 16.0. The van der Waals surface area contributed by atoms with E-state index < -0.39 is 91.9 Å². The van der Waals surface area contributed by atoms with E-state index in [4.69, 9.17) is 70.1 Å². The number of methoxy groups -OCH3 is 2. The Morgan fingerprint density at radius 2 is 0.745 bits per heavy atom. The van der Waals surface area contributed by atoms with E-state index in [1.54, 1.807) is 168 Å². The molecule has 0 spiro atoms. The maximum absolute atomic E-state index is 13.9. The van der Waals surface area contributed by atoms with Crippen LogP contribution in [0.25, 0.3) is 40.2 Å². The molecule has 0 aliphatic rings. The van der Waals surface area contributed by atoms with Gasteiger partial charge in [-0.2, -0.15) is 20.4 Å². The zero-order chi connectivity index (χ0) is 103. The molecule has 0 atom stereocenters. The van der Waals surface area contributed by atoms with Crippen LogP contribution in [0.15, 0.2) is 195 Å². The van der Waals surface area contributed by atoms with Crippen LogP contribution >= 0.6 is 62.3 Å². The molecule has 756 valence electrons. The molecule has 0 fully saturated rings. The molecule has 0 unspecified atom stereocenters. The van der Waals surface area contributed by atoms with Crippen LogP contribution in [0.2, 0.25) is 20.1 Å². The molecule has 0 saturated heterocycles. The fraction of sp³-hybridized carbons (Fsp3) is 0.219. The fourth-order valence-electron chi connectivity index (χ4n) is 13.4. The number of rotatable bonds is 23. The van der Waals surface area contributed by atoms with Crippen molar-refractivity contribution in [1.82, 2.24) is 97.7 Å². The number of H-pyrrole nitrogens is 1. The van der Waals surface area contributed by atoms with Gasteiger partial charge in [0.2, 0.25) is 0 Å². The molecule has 16 heterocycles. The van der Waals surface area contributed by atoms with Crippen molar-refractivity contribution in [2.45, 2.75) is 128 Å². The number of aromatic amines is 1. The van der Waals surface area contributed by atoms with Crippen LogP contribution in [-0.4, -0.2) is 157 Å². The predicted octanol–water partition coefficient (Wildman–Crippen LogP) is 14.5. The first-order chi connectivity index (χ1) is 66.7.